The Hall–Kier alpha value is -2.95. The maximum absolute atomic E-state index is 11.0. The number of carboxylic acid groups (broad SMARTS) is 1. The van der Waals surface area contributed by atoms with E-state index in [1.54, 1.807) is 30.7 Å². The van der Waals surface area contributed by atoms with Gasteiger partial charge in [-0.25, -0.2) is 4.79 Å². The van der Waals surface area contributed by atoms with Crippen LogP contribution in [0, 0.1) is 0 Å². The predicted octanol–water partition coefficient (Wildman–Crippen LogP) is 2.73. The van der Waals surface area contributed by atoms with Gasteiger partial charge in [0.25, 0.3) is 0 Å². The molecule has 0 saturated heterocycles. The van der Waals surface area contributed by atoms with Crippen molar-refractivity contribution in [1.82, 2.24) is 14.4 Å². The highest BCUT2D eigenvalue weighted by atomic mass is 16.4. The fourth-order valence-electron chi connectivity index (χ4n) is 2.53. The summed E-state index contributed by atoms with van der Waals surface area (Å²) in [6.45, 7) is 0. The summed E-state index contributed by atoms with van der Waals surface area (Å²) in [5, 5.41) is 9.94. The number of nitrogens with zero attached hydrogens (tertiary/aromatic N) is 3. The van der Waals surface area contributed by atoms with E-state index in [0.29, 0.717) is 0 Å². The molecule has 4 rings (SSSR count). The summed E-state index contributed by atoms with van der Waals surface area (Å²) >= 11 is 0. The molecule has 5 heteroatoms. The Labute approximate surface area is 113 Å². The number of aromatic carboxylic acids is 1. The smallest absolute Gasteiger partial charge is 0.335 e. The third-order valence-electron chi connectivity index (χ3n) is 3.43. The summed E-state index contributed by atoms with van der Waals surface area (Å²) in [5.74, 6) is -0.924. The fourth-order valence-corrected chi connectivity index (χ4v) is 2.53. The van der Waals surface area contributed by atoms with E-state index in [2.05, 4.69) is 9.97 Å². The fraction of sp³-hybridized carbons (Fsp3) is 0. The molecule has 0 aliphatic carbocycles. The van der Waals surface area contributed by atoms with E-state index >= 15 is 0 Å². The lowest BCUT2D eigenvalue weighted by atomic mass is 10.1. The lowest BCUT2D eigenvalue weighted by Gasteiger charge is -2.03. The summed E-state index contributed by atoms with van der Waals surface area (Å²) in [6, 6.07) is 8.89. The molecule has 5 nitrogen and oxygen atoms in total. The Morgan fingerprint density at radius 2 is 2.00 bits per heavy atom. The largest absolute Gasteiger partial charge is 0.478 e. The van der Waals surface area contributed by atoms with Crippen LogP contribution >= 0.6 is 0 Å². The van der Waals surface area contributed by atoms with E-state index in [-0.39, 0.29) is 5.56 Å². The van der Waals surface area contributed by atoms with Crippen molar-refractivity contribution in [2.24, 2.45) is 0 Å². The molecule has 1 aromatic carbocycles. The highest BCUT2D eigenvalue weighted by molar-refractivity contribution is 5.97. The molecular weight excluding hydrogens is 254 g/mol. The molecule has 20 heavy (non-hydrogen) atoms. The van der Waals surface area contributed by atoms with Crippen LogP contribution in [0.25, 0.3) is 27.5 Å². The maximum atomic E-state index is 11.0. The van der Waals surface area contributed by atoms with E-state index in [1.165, 1.54) is 0 Å². The Morgan fingerprint density at radius 1 is 1.10 bits per heavy atom. The molecule has 3 heterocycles. The summed E-state index contributed by atoms with van der Waals surface area (Å²) < 4.78 is 2.04. The number of hydrogen-bond donors (Lipinski definition) is 1. The molecule has 4 aromatic rings. The normalized spacial score (nSPS) is 11.4. The average molecular weight is 263 g/mol. The molecule has 0 spiro atoms. The molecule has 1 N–H and O–H groups in total. The standard InChI is InChI=1S/C15H9N3O2/c19-15(20)9-1-2-13-10(5-9)6-11-7-17-12-3-4-16-8-14(12)18(11)13/h1-8H,(H,19,20). The lowest BCUT2D eigenvalue weighted by molar-refractivity contribution is 0.0697. The number of aromatic nitrogens is 3. The molecule has 0 radical (unpaired) electrons. The zero-order valence-corrected chi connectivity index (χ0v) is 10.3. The molecule has 0 atom stereocenters. The van der Waals surface area contributed by atoms with Crippen molar-refractivity contribution < 1.29 is 9.90 Å². The van der Waals surface area contributed by atoms with Gasteiger partial charge in [-0.1, -0.05) is 0 Å². The van der Waals surface area contributed by atoms with Crippen LogP contribution in [0.3, 0.4) is 0 Å². The van der Waals surface area contributed by atoms with Crippen molar-refractivity contribution >= 4 is 33.4 Å². The van der Waals surface area contributed by atoms with Crippen molar-refractivity contribution in [3.63, 3.8) is 0 Å². The van der Waals surface area contributed by atoms with Crippen LogP contribution in [0.15, 0.2) is 48.9 Å². The van der Waals surface area contributed by atoms with Gasteiger partial charge < -0.3 is 9.51 Å². The van der Waals surface area contributed by atoms with Crippen molar-refractivity contribution in [3.05, 3.63) is 54.5 Å². The van der Waals surface area contributed by atoms with Crippen molar-refractivity contribution in [2.45, 2.75) is 0 Å². The van der Waals surface area contributed by atoms with Crippen LogP contribution in [0.4, 0.5) is 0 Å². The van der Waals surface area contributed by atoms with Gasteiger partial charge in [-0.05, 0) is 30.3 Å². The highest BCUT2D eigenvalue weighted by Crippen LogP contribution is 2.24. The zero-order valence-electron chi connectivity index (χ0n) is 10.3. The van der Waals surface area contributed by atoms with E-state index < -0.39 is 5.97 Å². The molecular formula is C15H9N3O2. The lowest BCUT2D eigenvalue weighted by Crippen LogP contribution is -1.95. The SMILES string of the molecule is O=C(O)c1ccc2c(c1)cc1cnc3ccncc3n12. The Balaban J connectivity index is 2.20. The first kappa shape index (κ1) is 10.9. The van der Waals surface area contributed by atoms with Crippen molar-refractivity contribution in [1.29, 1.82) is 0 Å². The molecule has 0 aliphatic heterocycles. The number of carbonyl (C=O) groups is 1. The van der Waals surface area contributed by atoms with Crippen LogP contribution in [0.1, 0.15) is 10.4 Å². The summed E-state index contributed by atoms with van der Waals surface area (Å²) in [4.78, 5) is 19.6. The second-order valence-electron chi connectivity index (χ2n) is 4.61. The first-order valence-electron chi connectivity index (χ1n) is 6.11. The number of fused-ring (bicyclic) bond motifs is 5. The van der Waals surface area contributed by atoms with Crippen LogP contribution in [-0.4, -0.2) is 25.4 Å². The Bertz CT molecular complexity index is 988. The second-order valence-corrected chi connectivity index (χ2v) is 4.61. The first-order chi connectivity index (χ1) is 9.74. The molecule has 3 aromatic heterocycles. The number of benzene rings is 1. The van der Waals surface area contributed by atoms with E-state index in [1.807, 2.05) is 22.6 Å². The van der Waals surface area contributed by atoms with Crippen LogP contribution < -0.4 is 0 Å². The number of pyridine rings is 1. The molecule has 0 saturated carbocycles. The molecule has 96 valence electrons. The van der Waals surface area contributed by atoms with Gasteiger partial charge in [0.05, 0.1) is 40.0 Å². The maximum Gasteiger partial charge on any atom is 0.335 e. The quantitative estimate of drug-likeness (QED) is 0.573. The Morgan fingerprint density at radius 3 is 2.85 bits per heavy atom. The molecule has 0 amide bonds. The van der Waals surface area contributed by atoms with Gasteiger partial charge in [0.2, 0.25) is 0 Å². The monoisotopic (exact) mass is 263 g/mol. The predicted molar refractivity (Wildman–Crippen MR) is 75.0 cm³/mol. The van der Waals surface area contributed by atoms with Gasteiger partial charge in [-0.15, -0.1) is 0 Å². The van der Waals surface area contributed by atoms with Crippen LogP contribution in [0.5, 0.6) is 0 Å². The number of hydrogen-bond acceptors (Lipinski definition) is 3. The van der Waals surface area contributed by atoms with E-state index in [9.17, 15) is 4.79 Å². The van der Waals surface area contributed by atoms with Crippen molar-refractivity contribution in [2.75, 3.05) is 0 Å². The van der Waals surface area contributed by atoms with Crippen LogP contribution in [0.2, 0.25) is 0 Å². The third-order valence-corrected chi connectivity index (χ3v) is 3.43. The van der Waals surface area contributed by atoms with Gasteiger partial charge in [0, 0.05) is 11.6 Å². The van der Waals surface area contributed by atoms with Gasteiger partial charge in [-0.2, -0.15) is 0 Å². The molecule has 0 fully saturated rings. The average Bonchev–Trinajstić information content (AvgIpc) is 2.85. The molecule has 0 unspecified atom stereocenters. The number of carboxylic acids is 1. The summed E-state index contributed by atoms with van der Waals surface area (Å²) in [6.07, 6.45) is 5.25. The topological polar surface area (TPSA) is 67.5 Å². The van der Waals surface area contributed by atoms with Gasteiger partial charge in [0.15, 0.2) is 0 Å². The second kappa shape index (κ2) is 3.77. The minimum absolute atomic E-state index is 0.281. The van der Waals surface area contributed by atoms with Gasteiger partial charge in [-0.3, -0.25) is 9.97 Å². The van der Waals surface area contributed by atoms with E-state index in [0.717, 1.165) is 27.5 Å². The highest BCUT2D eigenvalue weighted by Gasteiger charge is 2.09. The Kier molecular flexibility index (Phi) is 2.06. The zero-order chi connectivity index (χ0) is 13.7. The third kappa shape index (κ3) is 1.40. The molecule has 0 bridgehead atoms. The van der Waals surface area contributed by atoms with Gasteiger partial charge >= 0.3 is 5.97 Å². The number of rotatable bonds is 1. The molecule has 0 aliphatic rings. The van der Waals surface area contributed by atoms with Crippen molar-refractivity contribution in [3.8, 4) is 0 Å². The van der Waals surface area contributed by atoms with Crippen LogP contribution in [-0.2, 0) is 0 Å². The van der Waals surface area contributed by atoms with Gasteiger partial charge in [0.1, 0.15) is 0 Å². The first-order valence-corrected chi connectivity index (χ1v) is 6.11. The minimum atomic E-state index is -0.924. The minimum Gasteiger partial charge on any atom is -0.478 e. The summed E-state index contributed by atoms with van der Waals surface area (Å²) in [7, 11) is 0. The van der Waals surface area contributed by atoms with E-state index in [4.69, 9.17) is 5.11 Å². The summed E-state index contributed by atoms with van der Waals surface area (Å²) in [5.41, 5.74) is 3.91.